The van der Waals surface area contributed by atoms with E-state index in [0.29, 0.717) is 0 Å². The molecule has 0 amide bonds. The van der Waals surface area contributed by atoms with Crippen LogP contribution < -0.4 is 5.32 Å². The normalized spacial score (nSPS) is 16.7. The van der Waals surface area contributed by atoms with Gasteiger partial charge in [0.1, 0.15) is 0 Å². The molecule has 1 aromatic carbocycles. The molecule has 1 N–H and O–H groups in total. The molecular weight excluding hydrogens is 270 g/mol. The fraction of sp³-hybridized carbons (Fsp3) is 0.421. The van der Waals surface area contributed by atoms with Gasteiger partial charge in [-0.05, 0) is 55.6 Å². The molecule has 3 heteroatoms. The van der Waals surface area contributed by atoms with Gasteiger partial charge in [-0.25, -0.2) is 0 Å². The van der Waals surface area contributed by atoms with E-state index in [0.717, 1.165) is 25.6 Å². The Balaban J connectivity index is 1.35. The maximum absolute atomic E-state index is 4.15. The monoisotopic (exact) mass is 295 g/mol. The van der Waals surface area contributed by atoms with E-state index in [-0.39, 0.29) is 0 Å². The molecule has 0 saturated carbocycles. The molecule has 0 bridgehead atoms. The smallest absolute Gasteiger partial charge is 0.0312 e. The number of aromatic nitrogens is 1. The third kappa shape index (κ3) is 4.65. The zero-order valence-corrected chi connectivity index (χ0v) is 13.1. The minimum Gasteiger partial charge on any atom is -0.312 e. The number of nitrogens with zero attached hydrogens (tertiary/aromatic N) is 2. The second kappa shape index (κ2) is 8.06. The van der Waals surface area contributed by atoms with Crippen molar-refractivity contribution in [1.82, 2.24) is 15.2 Å². The molecule has 0 radical (unpaired) electrons. The van der Waals surface area contributed by atoms with Gasteiger partial charge in [0, 0.05) is 25.5 Å². The molecule has 22 heavy (non-hydrogen) atoms. The second-order valence-corrected chi connectivity index (χ2v) is 6.20. The van der Waals surface area contributed by atoms with Crippen LogP contribution in [0.25, 0.3) is 0 Å². The van der Waals surface area contributed by atoms with Gasteiger partial charge in [-0.15, -0.1) is 0 Å². The van der Waals surface area contributed by atoms with Crippen LogP contribution >= 0.6 is 0 Å². The molecule has 1 saturated heterocycles. The van der Waals surface area contributed by atoms with Gasteiger partial charge in [0.15, 0.2) is 0 Å². The van der Waals surface area contributed by atoms with Crippen molar-refractivity contribution < 1.29 is 0 Å². The molecule has 2 heterocycles. The molecular formula is C19H25N3. The number of likely N-dealkylation sites (tertiary alicyclic amines) is 1. The number of hydrogen-bond donors (Lipinski definition) is 1. The van der Waals surface area contributed by atoms with Gasteiger partial charge < -0.3 is 5.32 Å². The lowest BCUT2D eigenvalue weighted by atomic mass is 9.96. The maximum Gasteiger partial charge on any atom is 0.0312 e. The van der Waals surface area contributed by atoms with Crippen LogP contribution in [-0.2, 0) is 13.1 Å². The summed E-state index contributed by atoms with van der Waals surface area (Å²) < 4.78 is 0. The summed E-state index contributed by atoms with van der Waals surface area (Å²) in [6, 6.07) is 14.9. The first kappa shape index (κ1) is 15.2. The average Bonchev–Trinajstić information content (AvgIpc) is 2.58. The van der Waals surface area contributed by atoms with Crippen LogP contribution in [-0.4, -0.2) is 29.5 Å². The summed E-state index contributed by atoms with van der Waals surface area (Å²) in [6.07, 6.45) is 6.36. The maximum atomic E-state index is 4.15. The molecule has 1 aromatic heterocycles. The second-order valence-electron chi connectivity index (χ2n) is 6.20. The number of hydrogen-bond acceptors (Lipinski definition) is 3. The van der Waals surface area contributed by atoms with Crippen molar-refractivity contribution in [2.24, 2.45) is 5.92 Å². The van der Waals surface area contributed by atoms with Crippen LogP contribution in [0.1, 0.15) is 24.0 Å². The number of nitrogens with one attached hydrogen (secondary N) is 1. The Kier molecular flexibility index (Phi) is 5.57. The first-order valence-electron chi connectivity index (χ1n) is 8.26. The number of rotatable bonds is 6. The van der Waals surface area contributed by atoms with E-state index < -0.39 is 0 Å². The van der Waals surface area contributed by atoms with Gasteiger partial charge in [-0.3, -0.25) is 9.88 Å². The Morgan fingerprint density at radius 1 is 1.00 bits per heavy atom. The number of piperidine rings is 1. The molecule has 1 aliphatic rings. The van der Waals surface area contributed by atoms with Crippen molar-refractivity contribution in [2.75, 3.05) is 19.6 Å². The first-order valence-corrected chi connectivity index (χ1v) is 8.26. The van der Waals surface area contributed by atoms with E-state index in [1.807, 2.05) is 18.5 Å². The third-order valence-electron chi connectivity index (χ3n) is 4.44. The zero-order chi connectivity index (χ0) is 15.0. The summed E-state index contributed by atoms with van der Waals surface area (Å²) in [5.74, 6) is 0.809. The molecule has 1 aliphatic heterocycles. The first-order chi connectivity index (χ1) is 10.9. The summed E-state index contributed by atoms with van der Waals surface area (Å²) in [7, 11) is 0. The highest BCUT2D eigenvalue weighted by molar-refractivity contribution is 5.14. The number of benzene rings is 1. The molecule has 2 aromatic rings. The Hall–Kier alpha value is -1.71. The zero-order valence-electron chi connectivity index (χ0n) is 13.1. The lowest BCUT2D eigenvalue weighted by molar-refractivity contribution is 0.175. The molecule has 116 valence electrons. The van der Waals surface area contributed by atoms with Gasteiger partial charge in [0.25, 0.3) is 0 Å². The lowest BCUT2D eigenvalue weighted by Gasteiger charge is -2.32. The van der Waals surface area contributed by atoms with E-state index in [9.17, 15) is 0 Å². The highest BCUT2D eigenvalue weighted by Crippen LogP contribution is 2.18. The van der Waals surface area contributed by atoms with Gasteiger partial charge in [0.05, 0.1) is 0 Å². The molecule has 0 spiro atoms. The summed E-state index contributed by atoms with van der Waals surface area (Å²) in [4.78, 5) is 6.73. The summed E-state index contributed by atoms with van der Waals surface area (Å²) in [5, 5.41) is 3.58. The van der Waals surface area contributed by atoms with E-state index in [2.05, 4.69) is 51.6 Å². The van der Waals surface area contributed by atoms with E-state index in [1.165, 1.54) is 37.1 Å². The van der Waals surface area contributed by atoms with Crippen LogP contribution in [0.15, 0.2) is 54.9 Å². The van der Waals surface area contributed by atoms with Crippen molar-refractivity contribution in [3.8, 4) is 0 Å². The Morgan fingerprint density at radius 2 is 1.77 bits per heavy atom. The highest BCUT2D eigenvalue weighted by atomic mass is 15.1. The summed E-state index contributed by atoms with van der Waals surface area (Å²) in [6.45, 7) is 5.57. The lowest BCUT2D eigenvalue weighted by Crippen LogP contribution is -2.36. The van der Waals surface area contributed by atoms with Crippen molar-refractivity contribution >= 4 is 0 Å². The predicted octanol–water partition coefficient (Wildman–Crippen LogP) is 3.08. The third-order valence-corrected chi connectivity index (χ3v) is 4.44. The van der Waals surface area contributed by atoms with Crippen LogP contribution in [0.5, 0.6) is 0 Å². The quantitative estimate of drug-likeness (QED) is 0.887. The minimum atomic E-state index is 0.809. The van der Waals surface area contributed by atoms with Crippen molar-refractivity contribution in [2.45, 2.75) is 25.9 Å². The van der Waals surface area contributed by atoms with Crippen molar-refractivity contribution in [3.63, 3.8) is 0 Å². The standard InChI is InChI=1S/C19H25N3/c1-2-5-18(6-3-1)16-22-11-8-17(9-12-22)13-21-15-19-7-4-10-20-14-19/h1-7,10,14,17,21H,8-9,11-13,15-16H2. The molecule has 0 atom stereocenters. The van der Waals surface area contributed by atoms with Gasteiger partial charge in [0.2, 0.25) is 0 Å². The van der Waals surface area contributed by atoms with E-state index >= 15 is 0 Å². The van der Waals surface area contributed by atoms with Gasteiger partial charge in [-0.1, -0.05) is 36.4 Å². The molecule has 0 aliphatic carbocycles. The SMILES string of the molecule is c1ccc(CN2CCC(CNCc3cccnc3)CC2)cc1. The largest absolute Gasteiger partial charge is 0.312 e. The predicted molar refractivity (Wildman–Crippen MR) is 90.4 cm³/mol. The number of pyridine rings is 1. The fourth-order valence-corrected chi connectivity index (χ4v) is 3.11. The van der Waals surface area contributed by atoms with E-state index in [1.54, 1.807) is 0 Å². The van der Waals surface area contributed by atoms with E-state index in [4.69, 9.17) is 0 Å². The van der Waals surface area contributed by atoms with Gasteiger partial charge in [-0.2, -0.15) is 0 Å². The molecule has 1 fully saturated rings. The minimum absolute atomic E-state index is 0.809. The summed E-state index contributed by atoms with van der Waals surface area (Å²) in [5.41, 5.74) is 2.69. The molecule has 0 unspecified atom stereocenters. The average molecular weight is 295 g/mol. The van der Waals surface area contributed by atoms with Crippen LogP contribution in [0.4, 0.5) is 0 Å². The molecule has 3 rings (SSSR count). The fourth-order valence-electron chi connectivity index (χ4n) is 3.11. The highest BCUT2D eigenvalue weighted by Gasteiger charge is 2.18. The Morgan fingerprint density at radius 3 is 2.50 bits per heavy atom. The van der Waals surface area contributed by atoms with Crippen molar-refractivity contribution in [3.05, 3.63) is 66.0 Å². The van der Waals surface area contributed by atoms with Crippen molar-refractivity contribution in [1.29, 1.82) is 0 Å². The Labute approximate surface area is 133 Å². The van der Waals surface area contributed by atoms with Gasteiger partial charge >= 0.3 is 0 Å². The molecule has 3 nitrogen and oxygen atoms in total. The summed E-state index contributed by atoms with van der Waals surface area (Å²) >= 11 is 0. The van der Waals surface area contributed by atoms with Crippen LogP contribution in [0.2, 0.25) is 0 Å². The topological polar surface area (TPSA) is 28.2 Å². The Bertz CT molecular complexity index is 533. The van der Waals surface area contributed by atoms with Crippen LogP contribution in [0.3, 0.4) is 0 Å². The van der Waals surface area contributed by atoms with Crippen LogP contribution in [0, 0.1) is 5.92 Å².